The zero-order valence-electron chi connectivity index (χ0n) is 18.8. The molecule has 0 saturated carbocycles. The van der Waals surface area contributed by atoms with E-state index in [1.165, 1.54) is 11.8 Å². The Morgan fingerprint density at radius 1 is 1.16 bits per heavy atom. The fraction of sp³-hybridized carbons (Fsp3) is 0.320. The number of benzene rings is 2. The maximum atomic E-state index is 12.6. The van der Waals surface area contributed by atoms with Crippen LogP contribution >= 0.6 is 11.8 Å². The first-order valence-electron chi connectivity index (χ1n) is 10.5. The summed E-state index contributed by atoms with van der Waals surface area (Å²) in [5.74, 6) is 1.61. The molecule has 2 aromatic carbocycles. The molecule has 0 radical (unpaired) electrons. The predicted octanol–water partition coefficient (Wildman–Crippen LogP) is 5.04. The number of aromatic nitrogens is 2. The molecule has 6 nitrogen and oxygen atoms in total. The van der Waals surface area contributed by atoms with E-state index < -0.39 is 0 Å². The number of rotatable bonds is 6. The van der Waals surface area contributed by atoms with Crippen molar-refractivity contribution in [3.8, 4) is 17.1 Å². The SMILES string of the molecule is COc1ccc(-c2nc3c(c(SCC(=O)Nc4ccccc4C)n2)COC(C)(C)C3)cc1. The van der Waals surface area contributed by atoms with Crippen molar-refractivity contribution in [1.29, 1.82) is 0 Å². The van der Waals surface area contributed by atoms with Crippen LogP contribution in [0.1, 0.15) is 30.7 Å². The normalized spacial score (nSPS) is 14.5. The highest BCUT2D eigenvalue weighted by Gasteiger charge is 2.30. The summed E-state index contributed by atoms with van der Waals surface area (Å²) in [5, 5.41) is 3.77. The molecule has 0 fully saturated rings. The number of hydrogen-bond donors (Lipinski definition) is 1. The van der Waals surface area contributed by atoms with Crippen LogP contribution in [0.2, 0.25) is 0 Å². The molecule has 1 aromatic heterocycles. The van der Waals surface area contributed by atoms with Gasteiger partial charge >= 0.3 is 0 Å². The monoisotopic (exact) mass is 449 g/mol. The number of hydrogen-bond acceptors (Lipinski definition) is 6. The van der Waals surface area contributed by atoms with Crippen LogP contribution in [-0.2, 0) is 22.6 Å². The molecule has 1 aliphatic heterocycles. The summed E-state index contributed by atoms with van der Waals surface area (Å²) in [6.07, 6.45) is 0.691. The van der Waals surface area contributed by atoms with Crippen molar-refractivity contribution in [2.45, 2.75) is 44.4 Å². The van der Waals surface area contributed by atoms with E-state index in [0.717, 1.165) is 38.8 Å². The molecule has 3 aromatic rings. The molecule has 166 valence electrons. The zero-order chi connectivity index (χ0) is 22.7. The summed E-state index contributed by atoms with van der Waals surface area (Å²) >= 11 is 1.42. The second-order valence-electron chi connectivity index (χ2n) is 8.38. The van der Waals surface area contributed by atoms with Crippen LogP contribution in [0.5, 0.6) is 5.75 Å². The first-order chi connectivity index (χ1) is 15.3. The predicted molar refractivity (Wildman–Crippen MR) is 127 cm³/mol. The average Bonchev–Trinajstić information content (AvgIpc) is 2.78. The van der Waals surface area contributed by atoms with Crippen LogP contribution in [0.15, 0.2) is 53.6 Å². The van der Waals surface area contributed by atoms with E-state index in [9.17, 15) is 4.79 Å². The number of carbonyl (C=O) groups is 1. The van der Waals surface area contributed by atoms with E-state index in [2.05, 4.69) is 19.2 Å². The molecule has 32 heavy (non-hydrogen) atoms. The van der Waals surface area contributed by atoms with Gasteiger partial charge in [0.05, 0.1) is 30.8 Å². The number of anilines is 1. The van der Waals surface area contributed by atoms with E-state index in [1.807, 2.05) is 55.5 Å². The van der Waals surface area contributed by atoms with E-state index in [0.29, 0.717) is 18.9 Å². The molecule has 7 heteroatoms. The minimum Gasteiger partial charge on any atom is -0.497 e. The van der Waals surface area contributed by atoms with E-state index >= 15 is 0 Å². The molecule has 0 unspecified atom stereocenters. The number of ether oxygens (including phenoxy) is 2. The Kier molecular flexibility index (Phi) is 6.48. The van der Waals surface area contributed by atoms with E-state index in [1.54, 1.807) is 7.11 Å². The quantitative estimate of drug-likeness (QED) is 0.420. The second kappa shape index (κ2) is 9.30. The fourth-order valence-corrected chi connectivity index (χ4v) is 4.38. The summed E-state index contributed by atoms with van der Waals surface area (Å²) in [6.45, 7) is 6.54. The highest BCUT2D eigenvalue weighted by Crippen LogP contribution is 2.34. The lowest BCUT2D eigenvalue weighted by molar-refractivity contribution is -0.113. The molecular weight excluding hydrogens is 422 g/mol. The number of carbonyl (C=O) groups excluding carboxylic acids is 1. The second-order valence-corrected chi connectivity index (χ2v) is 9.35. The van der Waals surface area contributed by atoms with E-state index in [4.69, 9.17) is 19.4 Å². The van der Waals surface area contributed by atoms with Gasteiger partial charge in [0, 0.05) is 23.2 Å². The van der Waals surface area contributed by atoms with Gasteiger partial charge in [-0.1, -0.05) is 30.0 Å². The van der Waals surface area contributed by atoms with Gasteiger partial charge in [0.25, 0.3) is 0 Å². The van der Waals surface area contributed by atoms with Gasteiger partial charge in [-0.2, -0.15) is 0 Å². The summed E-state index contributed by atoms with van der Waals surface area (Å²) in [4.78, 5) is 22.3. The molecule has 0 bridgehead atoms. The number of nitrogens with zero attached hydrogens (tertiary/aromatic N) is 2. The van der Waals surface area contributed by atoms with Crippen LogP contribution in [0.25, 0.3) is 11.4 Å². The van der Waals surface area contributed by atoms with Crippen LogP contribution in [0.3, 0.4) is 0 Å². The molecule has 1 amide bonds. The third kappa shape index (κ3) is 5.11. The van der Waals surface area contributed by atoms with Crippen molar-refractivity contribution >= 4 is 23.4 Å². The first-order valence-corrected chi connectivity index (χ1v) is 11.5. The van der Waals surface area contributed by atoms with Crippen LogP contribution < -0.4 is 10.1 Å². The summed E-state index contributed by atoms with van der Waals surface area (Å²) in [7, 11) is 1.64. The van der Waals surface area contributed by atoms with Crippen molar-refractivity contribution in [1.82, 2.24) is 9.97 Å². The van der Waals surface area contributed by atoms with Gasteiger partial charge in [0.1, 0.15) is 10.8 Å². The Morgan fingerprint density at radius 2 is 1.91 bits per heavy atom. The van der Waals surface area contributed by atoms with Gasteiger partial charge in [-0.05, 0) is 56.7 Å². The van der Waals surface area contributed by atoms with Gasteiger partial charge in [-0.15, -0.1) is 0 Å². The molecule has 0 spiro atoms. The van der Waals surface area contributed by atoms with E-state index in [-0.39, 0.29) is 17.3 Å². The Labute approximate surface area is 192 Å². The number of nitrogens with one attached hydrogen (secondary N) is 1. The highest BCUT2D eigenvalue weighted by molar-refractivity contribution is 8.00. The van der Waals surface area contributed by atoms with Gasteiger partial charge in [-0.3, -0.25) is 4.79 Å². The van der Waals surface area contributed by atoms with Gasteiger partial charge in [-0.25, -0.2) is 9.97 Å². The minimum absolute atomic E-state index is 0.0697. The fourth-order valence-electron chi connectivity index (χ4n) is 3.54. The van der Waals surface area contributed by atoms with Crippen molar-refractivity contribution in [3.63, 3.8) is 0 Å². The number of fused-ring (bicyclic) bond motifs is 1. The van der Waals surface area contributed by atoms with Gasteiger partial charge in [0.2, 0.25) is 5.91 Å². The maximum Gasteiger partial charge on any atom is 0.234 e. The molecule has 4 rings (SSSR count). The summed E-state index contributed by atoms with van der Waals surface area (Å²) < 4.78 is 11.3. The molecule has 2 heterocycles. The lowest BCUT2D eigenvalue weighted by atomic mass is 9.96. The van der Waals surface area contributed by atoms with Crippen molar-refractivity contribution in [3.05, 3.63) is 65.4 Å². The minimum atomic E-state index is -0.289. The van der Waals surface area contributed by atoms with Crippen molar-refractivity contribution in [2.24, 2.45) is 0 Å². The Morgan fingerprint density at radius 3 is 2.62 bits per heavy atom. The molecule has 0 saturated heterocycles. The van der Waals surface area contributed by atoms with Crippen molar-refractivity contribution < 1.29 is 14.3 Å². The van der Waals surface area contributed by atoms with Gasteiger partial charge < -0.3 is 14.8 Å². The molecule has 0 atom stereocenters. The maximum absolute atomic E-state index is 12.6. The van der Waals surface area contributed by atoms with Crippen LogP contribution in [0.4, 0.5) is 5.69 Å². The molecule has 1 N–H and O–H groups in total. The average molecular weight is 450 g/mol. The number of aryl methyl sites for hydroxylation is 1. The number of thioether (sulfide) groups is 1. The van der Waals surface area contributed by atoms with Crippen LogP contribution in [0, 0.1) is 6.92 Å². The molecular formula is C25H27N3O3S. The van der Waals surface area contributed by atoms with Gasteiger partial charge in [0.15, 0.2) is 5.82 Å². The lowest BCUT2D eigenvalue weighted by Gasteiger charge is -2.32. The largest absolute Gasteiger partial charge is 0.497 e. The zero-order valence-corrected chi connectivity index (χ0v) is 19.6. The number of para-hydroxylation sites is 1. The topological polar surface area (TPSA) is 73.3 Å². The first kappa shape index (κ1) is 22.3. The highest BCUT2D eigenvalue weighted by atomic mass is 32.2. The van der Waals surface area contributed by atoms with Crippen molar-refractivity contribution in [2.75, 3.05) is 18.2 Å². The molecule has 1 aliphatic rings. The standard InChI is InChI=1S/C25H27N3O3S/c1-16-7-5-6-8-20(16)26-22(29)15-32-24-19-14-31-25(2,3)13-21(19)27-23(28-24)17-9-11-18(30-4)12-10-17/h5-12H,13-15H2,1-4H3,(H,26,29). The Bertz CT molecular complexity index is 1130. The smallest absolute Gasteiger partial charge is 0.234 e. The summed E-state index contributed by atoms with van der Waals surface area (Å²) in [6, 6.07) is 15.4. The molecule has 0 aliphatic carbocycles. The Hall–Kier alpha value is -2.90. The number of amides is 1. The van der Waals surface area contributed by atoms with Crippen LogP contribution in [-0.4, -0.2) is 34.3 Å². The summed E-state index contributed by atoms with van der Waals surface area (Å²) in [5.41, 5.74) is 4.42. The lowest BCUT2D eigenvalue weighted by Crippen LogP contribution is -2.33. The third-order valence-corrected chi connectivity index (χ3v) is 6.38. The number of methoxy groups -OCH3 is 1. The third-order valence-electron chi connectivity index (χ3n) is 5.36. The Balaban J connectivity index is 1.59.